The molecule has 1 aromatic carbocycles. The van der Waals surface area contributed by atoms with Crippen molar-refractivity contribution < 1.29 is 14.7 Å². The van der Waals surface area contributed by atoms with E-state index >= 15 is 0 Å². The Hall–Kier alpha value is -2.40. The van der Waals surface area contributed by atoms with Gasteiger partial charge in [0.1, 0.15) is 11.7 Å². The van der Waals surface area contributed by atoms with Crippen LogP contribution >= 0.6 is 11.6 Å². The van der Waals surface area contributed by atoms with E-state index in [1.54, 1.807) is 36.4 Å². The molecule has 102 valence electrons. The van der Waals surface area contributed by atoms with Gasteiger partial charge in [-0.2, -0.15) is 0 Å². The first-order valence-corrected chi connectivity index (χ1v) is 6.16. The van der Waals surface area contributed by atoms with Gasteiger partial charge < -0.3 is 5.11 Å². The van der Waals surface area contributed by atoms with E-state index in [1.165, 1.54) is 12.3 Å². The molecule has 2 aromatic rings. The zero-order chi connectivity index (χ0) is 14.5. The van der Waals surface area contributed by atoms with Crippen LogP contribution in [0.4, 0.5) is 5.69 Å². The van der Waals surface area contributed by atoms with Crippen molar-refractivity contribution in [1.82, 2.24) is 4.98 Å². The van der Waals surface area contributed by atoms with E-state index < -0.39 is 18.4 Å². The number of para-hydroxylation sites is 1. The molecule has 0 aliphatic rings. The number of carbonyl (C=O) groups excluding carboxylic acids is 1. The number of anilines is 1. The molecule has 1 aromatic heterocycles. The summed E-state index contributed by atoms with van der Waals surface area (Å²) in [5, 5.41) is 9.01. The first kappa shape index (κ1) is 14.0. The highest BCUT2D eigenvalue weighted by Crippen LogP contribution is 2.20. The van der Waals surface area contributed by atoms with Crippen LogP contribution in [0.3, 0.4) is 0 Å². The van der Waals surface area contributed by atoms with Crippen molar-refractivity contribution >= 4 is 29.2 Å². The zero-order valence-corrected chi connectivity index (χ0v) is 11.1. The summed E-state index contributed by atoms with van der Waals surface area (Å²) in [4.78, 5) is 28.4. The van der Waals surface area contributed by atoms with Gasteiger partial charge in [-0.1, -0.05) is 29.8 Å². The fourth-order valence-electron chi connectivity index (χ4n) is 1.71. The van der Waals surface area contributed by atoms with Crippen molar-refractivity contribution in [3.8, 4) is 0 Å². The normalized spacial score (nSPS) is 10.1. The molecule has 0 saturated carbocycles. The summed E-state index contributed by atoms with van der Waals surface area (Å²) < 4.78 is 0. The first-order valence-electron chi connectivity index (χ1n) is 5.79. The number of carbonyl (C=O) groups is 2. The van der Waals surface area contributed by atoms with Crippen molar-refractivity contribution in [2.45, 2.75) is 0 Å². The van der Waals surface area contributed by atoms with E-state index in [9.17, 15) is 9.59 Å². The molecule has 6 heteroatoms. The summed E-state index contributed by atoms with van der Waals surface area (Å²) >= 11 is 5.88. The minimum atomic E-state index is -1.11. The number of nitrogens with zero attached hydrogens (tertiary/aromatic N) is 2. The molecule has 0 spiro atoms. The molecular formula is C14H11ClN2O3. The topological polar surface area (TPSA) is 70.5 Å². The van der Waals surface area contributed by atoms with Gasteiger partial charge in [-0.25, -0.2) is 4.98 Å². The molecule has 20 heavy (non-hydrogen) atoms. The van der Waals surface area contributed by atoms with Crippen molar-refractivity contribution in [3.05, 3.63) is 59.4 Å². The molecule has 0 fully saturated rings. The van der Waals surface area contributed by atoms with Crippen LogP contribution in [-0.2, 0) is 4.79 Å². The number of halogens is 1. The second-order valence-corrected chi connectivity index (χ2v) is 4.32. The molecule has 0 aliphatic carbocycles. The van der Waals surface area contributed by atoms with E-state index in [0.717, 1.165) is 4.90 Å². The highest BCUT2D eigenvalue weighted by molar-refractivity contribution is 6.33. The number of benzene rings is 1. The standard InChI is InChI=1S/C14H11ClN2O3/c15-13-11(7-4-8-16-13)14(20)17(9-12(18)19)10-5-2-1-3-6-10/h1-8H,9H2,(H,18,19). The van der Waals surface area contributed by atoms with E-state index in [2.05, 4.69) is 4.98 Å². The Balaban J connectivity index is 2.40. The maximum absolute atomic E-state index is 12.4. The Morgan fingerprint density at radius 2 is 1.85 bits per heavy atom. The Bertz CT molecular complexity index is 631. The smallest absolute Gasteiger partial charge is 0.323 e. The fourth-order valence-corrected chi connectivity index (χ4v) is 1.91. The van der Waals surface area contributed by atoms with E-state index in [4.69, 9.17) is 16.7 Å². The molecule has 1 amide bonds. The van der Waals surface area contributed by atoms with Gasteiger partial charge in [0.15, 0.2) is 0 Å². The molecule has 0 saturated heterocycles. The number of carboxylic acids is 1. The number of aliphatic carboxylic acids is 1. The van der Waals surface area contributed by atoms with Crippen molar-refractivity contribution in [3.63, 3.8) is 0 Å². The molecule has 1 N–H and O–H groups in total. The monoisotopic (exact) mass is 290 g/mol. The number of carboxylic acid groups (broad SMARTS) is 1. The van der Waals surface area contributed by atoms with Gasteiger partial charge in [0, 0.05) is 11.9 Å². The molecular weight excluding hydrogens is 280 g/mol. The lowest BCUT2D eigenvalue weighted by atomic mass is 10.2. The van der Waals surface area contributed by atoms with Crippen molar-refractivity contribution in [2.75, 3.05) is 11.4 Å². The molecule has 1 heterocycles. The quantitative estimate of drug-likeness (QED) is 0.878. The maximum Gasteiger partial charge on any atom is 0.323 e. The predicted octanol–water partition coefficient (Wildman–Crippen LogP) is 2.47. The third kappa shape index (κ3) is 3.13. The van der Waals surface area contributed by atoms with Gasteiger partial charge in [0.2, 0.25) is 0 Å². The second kappa shape index (κ2) is 6.16. The number of hydrogen-bond acceptors (Lipinski definition) is 3. The number of pyridine rings is 1. The highest BCUT2D eigenvalue weighted by atomic mass is 35.5. The lowest BCUT2D eigenvalue weighted by Gasteiger charge is -2.21. The van der Waals surface area contributed by atoms with Crippen LogP contribution < -0.4 is 4.90 Å². The van der Waals surface area contributed by atoms with Crippen LogP contribution in [0, 0.1) is 0 Å². The number of rotatable bonds is 4. The van der Waals surface area contributed by atoms with E-state index in [1.807, 2.05) is 0 Å². The lowest BCUT2D eigenvalue weighted by Crippen LogP contribution is -2.36. The average molecular weight is 291 g/mol. The largest absolute Gasteiger partial charge is 0.480 e. The van der Waals surface area contributed by atoms with Crippen molar-refractivity contribution in [1.29, 1.82) is 0 Å². The molecule has 0 unspecified atom stereocenters. The third-order valence-corrected chi connectivity index (χ3v) is 2.90. The molecule has 0 atom stereocenters. The van der Waals surface area contributed by atoms with Gasteiger partial charge in [0.05, 0.1) is 5.56 Å². The Labute approximate surface area is 120 Å². The van der Waals surface area contributed by atoms with Crippen LogP contribution in [0.25, 0.3) is 0 Å². The summed E-state index contributed by atoms with van der Waals surface area (Å²) in [5.74, 6) is -1.61. The van der Waals surface area contributed by atoms with Crippen LogP contribution in [0.5, 0.6) is 0 Å². The molecule has 2 rings (SSSR count). The van der Waals surface area contributed by atoms with Crippen molar-refractivity contribution in [2.24, 2.45) is 0 Å². The zero-order valence-electron chi connectivity index (χ0n) is 10.4. The number of aromatic nitrogens is 1. The van der Waals surface area contributed by atoms with Gasteiger partial charge in [0.25, 0.3) is 5.91 Å². The SMILES string of the molecule is O=C(O)CN(C(=O)c1cccnc1Cl)c1ccccc1. The van der Waals surface area contributed by atoms with Crippen LogP contribution in [0.1, 0.15) is 10.4 Å². The number of amides is 1. The minimum absolute atomic E-state index is 0.0452. The maximum atomic E-state index is 12.4. The second-order valence-electron chi connectivity index (χ2n) is 3.96. The van der Waals surface area contributed by atoms with E-state index in [0.29, 0.717) is 5.69 Å². The molecule has 0 aliphatic heterocycles. The minimum Gasteiger partial charge on any atom is -0.480 e. The van der Waals surface area contributed by atoms with Gasteiger partial charge in [-0.15, -0.1) is 0 Å². The molecule has 0 bridgehead atoms. The first-order chi connectivity index (χ1) is 9.59. The third-order valence-electron chi connectivity index (χ3n) is 2.60. The van der Waals surface area contributed by atoms with Gasteiger partial charge in [-0.3, -0.25) is 14.5 Å². The summed E-state index contributed by atoms with van der Waals surface area (Å²) in [6, 6.07) is 11.6. The predicted molar refractivity (Wildman–Crippen MR) is 75.0 cm³/mol. The van der Waals surface area contributed by atoms with Crippen LogP contribution in [0.2, 0.25) is 5.15 Å². The van der Waals surface area contributed by atoms with E-state index in [-0.39, 0.29) is 10.7 Å². The summed E-state index contributed by atoms with van der Waals surface area (Å²) in [5.41, 5.74) is 0.652. The summed E-state index contributed by atoms with van der Waals surface area (Å²) in [6.07, 6.45) is 1.46. The van der Waals surface area contributed by atoms with Gasteiger partial charge >= 0.3 is 5.97 Å². The highest BCUT2D eigenvalue weighted by Gasteiger charge is 2.22. The Morgan fingerprint density at radius 1 is 1.15 bits per heavy atom. The fraction of sp³-hybridized carbons (Fsp3) is 0.0714. The van der Waals surface area contributed by atoms with Crippen LogP contribution in [-0.4, -0.2) is 28.5 Å². The Morgan fingerprint density at radius 3 is 2.45 bits per heavy atom. The summed E-state index contributed by atoms with van der Waals surface area (Å²) in [6.45, 7) is -0.450. The van der Waals surface area contributed by atoms with Crippen LogP contribution in [0.15, 0.2) is 48.7 Å². The molecule has 5 nitrogen and oxygen atoms in total. The lowest BCUT2D eigenvalue weighted by molar-refractivity contribution is -0.135. The Kier molecular flexibility index (Phi) is 4.32. The molecule has 0 radical (unpaired) electrons. The van der Waals surface area contributed by atoms with Gasteiger partial charge in [-0.05, 0) is 24.3 Å². The number of hydrogen-bond donors (Lipinski definition) is 1. The average Bonchev–Trinajstić information content (AvgIpc) is 2.45. The summed E-state index contributed by atoms with van der Waals surface area (Å²) in [7, 11) is 0.